The predicted molar refractivity (Wildman–Crippen MR) is 90.3 cm³/mol. The highest BCUT2D eigenvalue weighted by Gasteiger charge is 2.06. The monoisotopic (exact) mass is 327 g/mol. The maximum absolute atomic E-state index is 11.7. The number of ether oxygens (including phenoxy) is 1. The molecule has 2 amide bonds. The lowest BCUT2D eigenvalue weighted by molar-refractivity contribution is -0.130. The van der Waals surface area contributed by atoms with Gasteiger partial charge in [-0.25, -0.2) is 0 Å². The van der Waals surface area contributed by atoms with Crippen molar-refractivity contribution in [2.75, 3.05) is 6.61 Å². The fraction of sp³-hybridized carbons (Fsp3) is 0.278. The molecular weight excluding hydrogens is 306 g/mol. The molecule has 1 aromatic carbocycles. The molecule has 0 aliphatic carbocycles. The molecule has 0 radical (unpaired) electrons. The van der Waals surface area contributed by atoms with Gasteiger partial charge < -0.3 is 4.74 Å². The number of carbonyl (C=O) groups is 2. The van der Waals surface area contributed by atoms with Gasteiger partial charge in [-0.15, -0.1) is 0 Å². The number of hydrazine groups is 1. The number of aromatic nitrogens is 1. The summed E-state index contributed by atoms with van der Waals surface area (Å²) in [5.74, 6) is -0.0481. The molecule has 2 N–H and O–H groups in total. The second-order valence-corrected chi connectivity index (χ2v) is 5.57. The highest BCUT2D eigenvalue weighted by molar-refractivity contribution is 5.82. The Kier molecular flexibility index (Phi) is 6.31. The van der Waals surface area contributed by atoms with Crippen LogP contribution in [-0.2, 0) is 16.0 Å². The van der Waals surface area contributed by atoms with Gasteiger partial charge in [0.15, 0.2) is 6.61 Å². The number of nitrogens with zero attached hydrogens (tertiary/aromatic N) is 1. The van der Waals surface area contributed by atoms with Crippen molar-refractivity contribution < 1.29 is 14.3 Å². The van der Waals surface area contributed by atoms with Gasteiger partial charge in [0, 0.05) is 18.8 Å². The molecule has 0 atom stereocenters. The molecule has 24 heavy (non-hydrogen) atoms. The molecule has 0 spiro atoms. The summed E-state index contributed by atoms with van der Waals surface area (Å²) in [6.07, 6.45) is 4.22. The van der Waals surface area contributed by atoms with E-state index in [1.54, 1.807) is 12.4 Å². The van der Waals surface area contributed by atoms with Gasteiger partial charge in [0.2, 0.25) is 5.91 Å². The number of aryl methyl sites for hydroxylation is 3. The Morgan fingerprint density at radius 3 is 2.46 bits per heavy atom. The molecule has 0 saturated carbocycles. The molecule has 1 heterocycles. The van der Waals surface area contributed by atoms with Crippen molar-refractivity contribution >= 4 is 11.8 Å². The summed E-state index contributed by atoms with van der Waals surface area (Å²) in [6.45, 7) is 3.76. The van der Waals surface area contributed by atoms with Gasteiger partial charge in [0.25, 0.3) is 5.91 Å². The molecule has 0 fully saturated rings. The third kappa shape index (κ3) is 6.08. The molecule has 2 aromatic rings. The Balaban J connectivity index is 1.68. The molecule has 126 valence electrons. The van der Waals surface area contributed by atoms with Crippen LogP contribution in [0.1, 0.15) is 23.1 Å². The number of rotatable bonds is 6. The molecule has 0 aliphatic rings. The fourth-order valence-electron chi connectivity index (χ4n) is 2.21. The summed E-state index contributed by atoms with van der Waals surface area (Å²) in [5.41, 5.74) is 7.81. The number of carbonyl (C=O) groups excluding carboxylic acids is 2. The number of hydrogen-bond acceptors (Lipinski definition) is 4. The van der Waals surface area contributed by atoms with Crippen molar-refractivity contribution in [2.45, 2.75) is 26.7 Å². The second kappa shape index (κ2) is 8.67. The quantitative estimate of drug-likeness (QED) is 0.794. The van der Waals surface area contributed by atoms with Gasteiger partial charge >= 0.3 is 0 Å². The van der Waals surface area contributed by atoms with Gasteiger partial charge in [-0.1, -0.05) is 12.1 Å². The highest BCUT2D eigenvalue weighted by atomic mass is 16.5. The summed E-state index contributed by atoms with van der Waals surface area (Å²) in [5, 5.41) is 0. The zero-order valence-corrected chi connectivity index (χ0v) is 13.8. The first-order valence-corrected chi connectivity index (χ1v) is 7.70. The second-order valence-electron chi connectivity index (χ2n) is 5.57. The van der Waals surface area contributed by atoms with E-state index in [1.165, 1.54) is 0 Å². The van der Waals surface area contributed by atoms with Crippen molar-refractivity contribution in [1.82, 2.24) is 15.8 Å². The standard InChI is InChI=1S/C18H21N3O3/c1-13-8-14(2)10-16(9-13)24-12-18(23)21-20-17(22)6-5-15-4-3-7-19-11-15/h3-4,7-11H,5-6,12H2,1-2H3,(H,20,22)(H,21,23). The minimum Gasteiger partial charge on any atom is -0.484 e. The van der Waals surface area contributed by atoms with E-state index in [2.05, 4.69) is 15.8 Å². The van der Waals surface area contributed by atoms with Crippen molar-refractivity contribution in [3.63, 3.8) is 0 Å². The molecule has 2 rings (SSSR count). The molecule has 1 aromatic heterocycles. The molecule has 0 aliphatic heterocycles. The van der Waals surface area contributed by atoms with Crippen molar-refractivity contribution in [2.24, 2.45) is 0 Å². The van der Waals surface area contributed by atoms with Crippen LogP contribution in [0.25, 0.3) is 0 Å². The van der Waals surface area contributed by atoms with Crippen LogP contribution in [0.15, 0.2) is 42.7 Å². The third-order valence-corrected chi connectivity index (χ3v) is 3.27. The normalized spacial score (nSPS) is 10.1. The van der Waals surface area contributed by atoms with Crippen LogP contribution in [0.2, 0.25) is 0 Å². The van der Waals surface area contributed by atoms with Crippen LogP contribution in [0.5, 0.6) is 5.75 Å². The highest BCUT2D eigenvalue weighted by Crippen LogP contribution is 2.15. The maximum Gasteiger partial charge on any atom is 0.276 e. The summed E-state index contributed by atoms with van der Waals surface area (Å²) >= 11 is 0. The summed E-state index contributed by atoms with van der Waals surface area (Å²) < 4.78 is 5.42. The Morgan fingerprint density at radius 2 is 1.79 bits per heavy atom. The van der Waals surface area contributed by atoms with E-state index in [9.17, 15) is 9.59 Å². The third-order valence-electron chi connectivity index (χ3n) is 3.27. The van der Waals surface area contributed by atoms with Gasteiger partial charge in [0.1, 0.15) is 5.75 Å². The zero-order valence-electron chi connectivity index (χ0n) is 13.8. The van der Waals surface area contributed by atoms with Crippen molar-refractivity contribution in [3.05, 3.63) is 59.4 Å². The van der Waals surface area contributed by atoms with Crippen LogP contribution in [0.4, 0.5) is 0 Å². The smallest absolute Gasteiger partial charge is 0.276 e. The summed E-state index contributed by atoms with van der Waals surface area (Å²) in [4.78, 5) is 27.4. The fourth-order valence-corrected chi connectivity index (χ4v) is 2.21. The number of nitrogens with one attached hydrogen (secondary N) is 2. The van der Waals surface area contributed by atoms with Gasteiger partial charge in [0.05, 0.1) is 0 Å². The van der Waals surface area contributed by atoms with Gasteiger partial charge in [-0.05, 0) is 55.2 Å². The van der Waals surface area contributed by atoms with Crippen LogP contribution < -0.4 is 15.6 Å². The Bertz CT molecular complexity index is 682. The zero-order chi connectivity index (χ0) is 17.4. The number of benzene rings is 1. The topological polar surface area (TPSA) is 80.3 Å². The summed E-state index contributed by atoms with van der Waals surface area (Å²) in [6, 6.07) is 9.45. The minimum absolute atomic E-state index is 0.161. The van der Waals surface area contributed by atoms with Crippen molar-refractivity contribution in [3.8, 4) is 5.75 Å². The maximum atomic E-state index is 11.7. The van der Waals surface area contributed by atoms with E-state index < -0.39 is 5.91 Å². The first-order chi connectivity index (χ1) is 11.5. The van der Waals surface area contributed by atoms with Crippen LogP contribution >= 0.6 is 0 Å². The number of hydrogen-bond donors (Lipinski definition) is 2. The van der Waals surface area contributed by atoms with E-state index in [-0.39, 0.29) is 18.9 Å². The Labute approximate surface area is 141 Å². The summed E-state index contributed by atoms with van der Waals surface area (Å²) in [7, 11) is 0. The van der Waals surface area contributed by atoms with Gasteiger partial charge in [-0.3, -0.25) is 25.4 Å². The average Bonchev–Trinajstić information content (AvgIpc) is 2.56. The van der Waals surface area contributed by atoms with E-state index in [0.29, 0.717) is 12.2 Å². The number of amides is 2. The minimum atomic E-state index is -0.413. The van der Waals surface area contributed by atoms with Crippen LogP contribution in [-0.4, -0.2) is 23.4 Å². The molecule has 0 bridgehead atoms. The first kappa shape index (κ1) is 17.5. The van der Waals surface area contributed by atoms with E-state index in [0.717, 1.165) is 16.7 Å². The number of pyridine rings is 1. The lowest BCUT2D eigenvalue weighted by Gasteiger charge is -2.10. The van der Waals surface area contributed by atoms with Crippen molar-refractivity contribution in [1.29, 1.82) is 0 Å². The molecule has 0 saturated heterocycles. The Morgan fingerprint density at radius 1 is 1.08 bits per heavy atom. The average molecular weight is 327 g/mol. The largest absolute Gasteiger partial charge is 0.484 e. The van der Waals surface area contributed by atoms with Crippen LogP contribution in [0.3, 0.4) is 0 Å². The lowest BCUT2D eigenvalue weighted by atomic mass is 10.1. The Hall–Kier alpha value is -2.89. The van der Waals surface area contributed by atoms with Crippen LogP contribution in [0, 0.1) is 13.8 Å². The first-order valence-electron chi connectivity index (χ1n) is 7.70. The van der Waals surface area contributed by atoms with E-state index >= 15 is 0 Å². The molecule has 0 unspecified atom stereocenters. The molecule has 6 heteroatoms. The van der Waals surface area contributed by atoms with Gasteiger partial charge in [-0.2, -0.15) is 0 Å². The van der Waals surface area contributed by atoms with E-state index in [1.807, 2.05) is 44.2 Å². The molecular formula is C18H21N3O3. The van der Waals surface area contributed by atoms with E-state index in [4.69, 9.17) is 4.74 Å². The molecule has 6 nitrogen and oxygen atoms in total. The predicted octanol–water partition coefficient (Wildman–Crippen LogP) is 1.86. The SMILES string of the molecule is Cc1cc(C)cc(OCC(=O)NNC(=O)CCc2cccnc2)c1. The lowest BCUT2D eigenvalue weighted by Crippen LogP contribution is -2.43.